The Hall–Kier alpha value is -0.770. The third kappa shape index (κ3) is 11.1. The molecule has 0 saturated heterocycles. The Morgan fingerprint density at radius 2 is 1.90 bits per heavy atom. The summed E-state index contributed by atoms with van der Waals surface area (Å²) in [5.74, 6) is 0. The van der Waals surface area contributed by atoms with Crippen LogP contribution in [0.25, 0.3) is 0 Å². The number of ether oxygens (including phenoxy) is 1. The van der Waals surface area contributed by atoms with Gasteiger partial charge in [0.2, 0.25) is 0 Å². The maximum Gasteiger partial charge on any atom is 0.410 e. The van der Waals surface area contributed by atoms with Crippen LogP contribution in [0.1, 0.15) is 66.7 Å². The first-order valence-corrected chi connectivity index (χ1v) is 7.93. The van der Waals surface area contributed by atoms with E-state index in [0.717, 1.165) is 19.5 Å². The Kier molecular flexibility index (Phi) is 9.64. The Morgan fingerprint density at radius 1 is 1.25 bits per heavy atom. The van der Waals surface area contributed by atoms with Crippen LogP contribution in [0.5, 0.6) is 0 Å². The molecule has 0 fully saturated rings. The van der Waals surface area contributed by atoms with Gasteiger partial charge in [-0.05, 0) is 47.1 Å². The van der Waals surface area contributed by atoms with E-state index in [4.69, 9.17) is 4.74 Å². The Labute approximate surface area is 125 Å². The zero-order valence-electron chi connectivity index (χ0n) is 14.3. The van der Waals surface area contributed by atoms with Gasteiger partial charge in [-0.2, -0.15) is 0 Å². The molecule has 1 unspecified atom stereocenters. The van der Waals surface area contributed by atoms with Crippen molar-refractivity contribution in [2.24, 2.45) is 0 Å². The third-order valence-electron chi connectivity index (χ3n) is 3.11. The molecule has 0 bridgehead atoms. The molecule has 1 amide bonds. The van der Waals surface area contributed by atoms with Crippen molar-refractivity contribution in [2.75, 3.05) is 20.1 Å². The van der Waals surface area contributed by atoms with Crippen molar-refractivity contribution < 1.29 is 9.53 Å². The lowest BCUT2D eigenvalue weighted by molar-refractivity contribution is 0.0297. The van der Waals surface area contributed by atoms with Crippen LogP contribution < -0.4 is 5.32 Å². The summed E-state index contributed by atoms with van der Waals surface area (Å²) in [5.41, 5.74) is -0.419. The first-order valence-electron chi connectivity index (χ1n) is 7.93. The normalized spacial score (nSPS) is 13.1. The van der Waals surface area contributed by atoms with Gasteiger partial charge in [-0.15, -0.1) is 0 Å². The lowest BCUT2D eigenvalue weighted by Crippen LogP contribution is -2.36. The molecular formula is C16H34N2O2. The molecule has 0 aliphatic carbocycles. The van der Waals surface area contributed by atoms with Crippen LogP contribution in [0, 0.1) is 0 Å². The molecule has 4 heteroatoms. The molecule has 0 spiro atoms. The second-order valence-electron chi connectivity index (χ2n) is 6.61. The molecule has 1 atom stereocenters. The number of hydrogen-bond acceptors (Lipinski definition) is 3. The summed E-state index contributed by atoms with van der Waals surface area (Å²) in [4.78, 5) is 13.4. The largest absolute Gasteiger partial charge is 0.444 e. The highest BCUT2D eigenvalue weighted by molar-refractivity contribution is 5.67. The SMILES string of the molecule is CCCCCC(C)NCCCN(C)C(=O)OC(C)(C)C. The van der Waals surface area contributed by atoms with Gasteiger partial charge in [0.25, 0.3) is 0 Å². The van der Waals surface area contributed by atoms with Crippen LogP contribution in [0.15, 0.2) is 0 Å². The van der Waals surface area contributed by atoms with E-state index in [0.29, 0.717) is 6.04 Å². The first kappa shape index (κ1) is 19.2. The minimum absolute atomic E-state index is 0.242. The zero-order valence-corrected chi connectivity index (χ0v) is 14.3. The molecular weight excluding hydrogens is 252 g/mol. The van der Waals surface area contributed by atoms with E-state index in [2.05, 4.69) is 19.2 Å². The van der Waals surface area contributed by atoms with E-state index in [-0.39, 0.29) is 6.09 Å². The molecule has 0 rings (SSSR count). The van der Waals surface area contributed by atoms with E-state index in [1.54, 1.807) is 11.9 Å². The number of nitrogens with one attached hydrogen (secondary N) is 1. The van der Waals surface area contributed by atoms with Crippen LogP contribution in [0.4, 0.5) is 4.79 Å². The van der Waals surface area contributed by atoms with Gasteiger partial charge in [0.15, 0.2) is 0 Å². The van der Waals surface area contributed by atoms with Gasteiger partial charge in [-0.1, -0.05) is 26.2 Å². The van der Waals surface area contributed by atoms with E-state index >= 15 is 0 Å². The summed E-state index contributed by atoms with van der Waals surface area (Å²) in [7, 11) is 1.79. The summed E-state index contributed by atoms with van der Waals surface area (Å²) in [5, 5.41) is 3.51. The van der Waals surface area contributed by atoms with Crippen LogP contribution in [-0.2, 0) is 4.74 Å². The Morgan fingerprint density at radius 3 is 2.45 bits per heavy atom. The average Bonchev–Trinajstić information content (AvgIpc) is 2.32. The van der Waals surface area contributed by atoms with Crippen LogP contribution in [0.2, 0.25) is 0 Å². The van der Waals surface area contributed by atoms with Crippen molar-refractivity contribution in [3.8, 4) is 0 Å². The molecule has 4 nitrogen and oxygen atoms in total. The molecule has 0 radical (unpaired) electrons. The lowest BCUT2D eigenvalue weighted by Gasteiger charge is -2.24. The van der Waals surface area contributed by atoms with Gasteiger partial charge < -0.3 is 15.0 Å². The Balaban J connectivity index is 3.66. The minimum atomic E-state index is -0.419. The van der Waals surface area contributed by atoms with Crippen molar-refractivity contribution in [3.63, 3.8) is 0 Å². The number of hydrogen-bond donors (Lipinski definition) is 1. The van der Waals surface area contributed by atoms with E-state index < -0.39 is 5.60 Å². The number of amides is 1. The fraction of sp³-hybridized carbons (Fsp3) is 0.938. The molecule has 1 N–H and O–H groups in total. The fourth-order valence-corrected chi connectivity index (χ4v) is 1.90. The van der Waals surface area contributed by atoms with Gasteiger partial charge >= 0.3 is 6.09 Å². The van der Waals surface area contributed by atoms with Gasteiger partial charge in [0.1, 0.15) is 5.60 Å². The zero-order chi connectivity index (χ0) is 15.6. The molecule has 0 aromatic rings. The molecule has 120 valence electrons. The number of nitrogens with zero attached hydrogens (tertiary/aromatic N) is 1. The van der Waals surface area contributed by atoms with E-state index in [9.17, 15) is 4.79 Å². The fourth-order valence-electron chi connectivity index (χ4n) is 1.90. The monoisotopic (exact) mass is 286 g/mol. The molecule has 20 heavy (non-hydrogen) atoms. The smallest absolute Gasteiger partial charge is 0.410 e. The topological polar surface area (TPSA) is 41.6 Å². The highest BCUT2D eigenvalue weighted by Crippen LogP contribution is 2.09. The van der Waals surface area contributed by atoms with Gasteiger partial charge in [-0.3, -0.25) is 0 Å². The van der Waals surface area contributed by atoms with Crippen LogP contribution in [-0.4, -0.2) is 42.8 Å². The standard InChI is InChI=1S/C16H34N2O2/c1-7-8-9-11-14(2)17-12-10-13-18(6)15(19)20-16(3,4)5/h14,17H,7-13H2,1-6H3. The molecule has 0 aromatic heterocycles. The van der Waals surface area contributed by atoms with Gasteiger partial charge in [0, 0.05) is 19.6 Å². The van der Waals surface area contributed by atoms with Crippen molar-refractivity contribution in [3.05, 3.63) is 0 Å². The molecule has 0 aliphatic rings. The van der Waals surface area contributed by atoms with E-state index in [1.807, 2.05) is 20.8 Å². The van der Waals surface area contributed by atoms with E-state index in [1.165, 1.54) is 25.7 Å². The highest BCUT2D eigenvalue weighted by atomic mass is 16.6. The maximum absolute atomic E-state index is 11.7. The third-order valence-corrected chi connectivity index (χ3v) is 3.11. The average molecular weight is 286 g/mol. The molecule has 0 aliphatic heterocycles. The summed E-state index contributed by atoms with van der Waals surface area (Å²) >= 11 is 0. The summed E-state index contributed by atoms with van der Waals surface area (Å²) in [6.07, 6.45) is 5.82. The van der Waals surface area contributed by atoms with Gasteiger partial charge in [0.05, 0.1) is 0 Å². The highest BCUT2D eigenvalue weighted by Gasteiger charge is 2.19. The van der Waals surface area contributed by atoms with Gasteiger partial charge in [-0.25, -0.2) is 4.79 Å². The number of rotatable bonds is 9. The Bertz CT molecular complexity index is 262. The molecule has 0 saturated carbocycles. The van der Waals surface area contributed by atoms with Crippen molar-refractivity contribution >= 4 is 6.09 Å². The summed E-state index contributed by atoms with van der Waals surface area (Å²) < 4.78 is 5.31. The summed E-state index contributed by atoms with van der Waals surface area (Å²) in [6.45, 7) is 11.8. The second kappa shape index (κ2) is 10.0. The van der Waals surface area contributed by atoms with Crippen molar-refractivity contribution in [1.82, 2.24) is 10.2 Å². The minimum Gasteiger partial charge on any atom is -0.444 e. The lowest BCUT2D eigenvalue weighted by atomic mass is 10.1. The predicted molar refractivity (Wildman–Crippen MR) is 85.1 cm³/mol. The number of unbranched alkanes of at least 4 members (excludes halogenated alkanes) is 2. The number of carbonyl (C=O) groups excluding carboxylic acids is 1. The molecule has 0 heterocycles. The quantitative estimate of drug-likeness (QED) is 0.655. The predicted octanol–water partition coefficient (Wildman–Crippen LogP) is 3.80. The van der Waals surface area contributed by atoms with Crippen molar-refractivity contribution in [1.29, 1.82) is 0 Å². The van der Waals surface area contributed by atoms with Crippen molar-refractivity contribution in [2.45, 2.75) is 78.4 Å². The maximum atomic E-state index is 11.7. The summed E-state index contributed by atoms with van der Waals surface area (Å²) in [6, 6.07) is 0.563. The first-order chi connectivity index (χ1) is 9.26. The van der Waals surface area contributed by atoms with Crippen LogP contribution in [0.3, 0.4) is 0 Å². The molecule has 0 aromatic carbocycles. The second-order valence-corrected chi connectivity index (χ2v) is 6.61. The number of carbonyl (C=O) groups is 1. The van der Waals surface area contributed by atoms with Crippen LogP contribution >= 0.6 is 0 Å².